The van der Waals surface area contributed by atoms with Crippen LogP contribution in [0.15, 0.2) is 9.59 Å². The number of halogens is 1. The van der Waals surface area contributed by atoms with Crippen molar-refractivity contribution in [3.05, 3.63) is 31.6 Å². The fraction of sp³-hybridized carbons (Fsp3) is 0.667. The molecule has 1 aromatic rings. The van der Waals surface area contributed by atoms with Crippen molar-refractivity contribution >= 4 is 23.4 Å². The number of hydrogen-bond acceptors (Lipinski definition) is 3. The van der Waals surface area contributed by atoms with E-state index in [2.05, 4.69) is 4.98 Å². The second-order valence-electron chi connectivity index (χ2n) is 4.13. The number of aromatic nitrogens is 2. The van der Waals surface area contributed by atoms with Crippen LogP contribution >= 0.6 is 23.4 Å². The van der Waals surface area contributed by atoms with E-state index in [-0.39, 0.29) is 10.7 Å². The summed E-state index contributed by atoms with van der Waals surface area (Å²) in [5.41, 5.74) is -0.132. The van der Waals surface area contributed by atoms with Gasteiger partial charge in [-0.3, -0.25) is 14.3 Å². The third-order valence-corrected chi connectivity index (χ3v) is 3.73. The lowest BCUT2D eigenvalue weighted by atomic mass is 10.2. The highest BCUT2D eigenvalue weighted by molar-refractivity contribution is 7.98. The number of aromatic amines is 1. The van der Waals surface area contributed by atoms with Crippen LogP contribution in [-0.4, -0.2) is 21.6 Å². The Morgan fingerprint density at radius 2 is 2.06 bits per heavy atom. The fourth-order valence-corrected chi connectivity index (χ4v) is 2.52. The summed E-state index contributed by atoms with van der Waals surface area (Å²) in [7, 11) is 0. The number of rotatable bonds is 7. The third kappa shape index (κ3) is 3.92. The second-order valence-corrected chi connectivity index (χ2v) is 5.49. The highest BCUT2D eigenvalue weighted by Gasteiger charge is 2.11. The quantitative estimate of drug-likeness (QED) is 0.619. The molecule has 0 aliphatic heterocycles. The smallest absolute Gasteiger partial charge is 0.297 e. The molecule has 0 unspecified atom stereocenters. The first-order valence-electron chi connectivity index (χ1n) is 6.12. The van der Waals surface area contributed by atoms with E-state index in [1.165, 1.54) is 4.57 Å². The van der Waals surface area contributed by atoms with Crippen molar-refractivity contribution in [2.45, 2.75) is 39.2 Å². The van der Waals surface area contributed by atoms with E-state index in [0.717, 1.165) is 25.0 Å². The molecule has 1 N–H and O–H groups in total. The maximum absolute atomic E-state index is 12.1. The van der Waals surface area contributed by atoms with E-state index in [1.807, 2.05) is 13.2 Å². The van der Waals surface area contributed by atoms with E-state index in [1.54, 1.807) is 11.8 Å². The van der Waals surface area contributed by atoms with Gasteiger partial charge in [0.25, 0.3) is 5.56 Å². The van der Waals surface area contributed by atoms with E-state index in [4.69, 9.17) is 11.6 Å². The molecule has 0 aromatic carbocycles. The Morgan fingerprint density at radius 3 is 2.67 bits per heavy atom. The van der Waals surface area contributed by atoms with Gasteiger partial charge in [-0.2, -0.15) is 11.8 Å². The highest BCUT2D eigenvalue weighted by Crippen LogP contribution is 2.08. The summed E-state index contributed by atoms with van der Waals surface area (Å²) in [6.07, 6.45) is 5.29. The fourth-order valence-electron chi connectivity index (χ4n) is 1.77. The molecule has 1 aromatic heterocycles. The molecule has 0 aliphatic carbocycles. The number of H-pyrrole nitrogens is 1. The molecule has 0 saturated heterocycles. The normalized spacial score (nSPS) is 10.8. The van der Waals surface area contributed by atoms with Crippen LogP contribution in [0.5, 0.6) is 0 Å². The first-order chi connectivity index (χ1) is 8.61. The van der Waals surface area contributed by atoms with Gasteiger partial charge in [0.2, 0.25) is 0 Å². The average molecular weight is 291 g/mol. The summed E-state index contributed by atoms with van der Waals surface area (Å²) >= 11 is 7.66. The maximum Gasteiger partial charge on any atom is 0.329 e. The van der Waals surface area contributed by atoms with Crippen molar-refractivity contribution in [1.82, 2.24) is 9.55 Å². The molecule has 1 rings (SSSR count). The molecule has 0 radical (unpaired) electrons. The van der Waals surface area contributed by atoms with Crippen molar-refractivity contribution in [2.75, 3.05) is 12.0 Å². The summed E-state index contributed by atoms with van der Waals surface area (Å²) in [5, 5.41) is 0.187. The summed E-state index contributed by atoms with van der Waals surface area (Å²) in [6.45, 7) is 2.44. The van der Waals surface area contributed by atoms with Crippen molar-refractivity contribution < 1.29 is 0 Å². The van der Waals surface area contributed by atoms with E-state index < -0.39 is 5.69 Å². The van der Waals surface area contributed by atoms with Gasteiger partial charge in [-0.15, -0.1) is 0 Å². The predicted molar refractivity (Wildman–Crippen MR) is 77.9 cm³/mol. The number of nitrogens with one attached hydrogen (secondary N) is 1. The van der Waals surface area contributed by atoms with Crippen LogP contribution in [0.2, 0.25) is 5.15 Å². The summed E-state index contributed by atoms with van der Waals surface area (Å²) < 4.78 is 1.26. The van der Waals surface area contributed by atoms with Crippen molar-refractivity contribution in [1.29, 1.82) is 0 Å². The Morgan fingerprint density at radius 1 is 1.33 bits per heavy atom. The van der Waals surface area contributed by atoms with Gasteiger partial charge in [-0.05, 0) is 31.3 Å². The van der Waals surface area contributed by atoms with Gasteiger partial charge in [0, 0.05) is 6.54 Å². The topological polar surface area (TPSA) is 54.9 Å². The molecular formula is C12H19ClN2O2S. The lowest BCUT2D eigenvalue weighted by Gasteiger charge is -2.08. The predicted octanol–water partition coefficient (Wildman–Crippen LogP) is 2.29. The molecule has 6 heteroatoms. The Bertz CT molecular complexity index is 496. The Kier molecular flexibility index (Phi) is 6.57. The van der Waals surface area contributed by atoms with Crippen molar-refractivity contribution in [2.24, 2.45) is 0 Å². The Hall–Kier alpha value is -0.680. The number of nitrogens with zero attached hydrogens (tertiary/aromatic N) is 1. The van der Waals surface area contributed by atoms with Crippen LogP contribution in [0, 0.1) is 0 Å². The second kappa shape index (κ2) is 7.69. The van der Waals surface area contributed by atoms with Gasteiger partial charge in [0.15, 0.2) is 0 Å². The zero-order valence-corrected chi connectivity index (χ0v) is 12.4. The molecule has 0 spiro atoms. The summed E-state index contributed by atoms with van der Waals surface area (Å²) in [4.78, 5) is 26.4. The lowest BCUT2D eigenvalue weighted by Crippen LogP contribution is -2.37. The zero-order valence-electron chi connectivity index (χ0n) is 10.8. The van der Waals surface area contributed by atoms with Crippen LogP contribution in [0.1, 0.15) is 31.7 Å². The minimum atomic E-state index is -0.408. The van der Waals surface area contributed by atoms with Crippen LogP contribution in [0.4, 0.5) is 0 Å². The van der Waals surface area contributed by atoms with Crippen LogP contribution < -0.4 is 11.2 Å². The third-order valence-electron chi connectivity index (χ3n) is 2.71. The zero-order chi connectivity index (χ0) is 13.5. The monoisotopic (exact) mass is 290 g/mol. The van der Waals surface area contributed by atoms with E-state index in [9.17, 15) is 9.59 Å². The molecule has 1 heterocycles. The van der Waals surface area contributed by atoms with E-state index in [0.29, 0.717) is 18.5 Å². The first-order valence-corrected chi connectivity index (χ1v) is 7.89. The first kappa shape index (κ1) is 15.4. The SMILES string of the molecule is CCCc1c(Cl)[nH]c(=O)n(CCCCSC)c1=O. The maximum atomic E-state index is 12.1. The van der Waals surface area contributed by atoms with Crippen molar-refractivity contribution in [3.63, 3.8) is 0 Å². The van der Waals surface area contributed by atoms with Crippen LogP contribution in [0.25, 0.3) is 0 Å². The molecule has 0 atom stereocenters. The molecule has 102 valence electrons. The molecule has 0 amide bonds. The molecule has 0 bridgehead atoms. The number of unbranched alkanes of at least 4 members (excludes halogenated alkanes) is 1. The van der Waals surface area contributed by atoms with Crippen LogP contribution in [0.3, 0.4) is 0 Å². The Labute approximate surface area is 116 Å². The average Bonchev–Trinajstić information content (AvgIpc) is 2.33. The minimum Gasteiger partial charge on any atom is -0.297 e. The highest BCUT2D eigenvalue weighted by atomic mass is 35.5. The molecule has 0 aliphatic rings. The number of hydrogen-bond donors (Lipinski definition) is 1. The van der Waals surface area contributed by atoms with Crippen molar-refractivity contribution in [3.8, 4) is 0 Å². The molecule has 18 heavy (non-hydrogen) atoms. The van der Waals surface area contributed by atoms with Gasteiger partial charge < -0.3 is 0 Å². The van der Waals surface area contributed by atoms with Crippen LogP contribution in [-0.2, 0) is 13.0 Å². The Balaban J connectivity index is 2.93. The van der Waals surface area contributed by atoms with Gasteiger partial charge in [0.1, 0.15) is 5.15 Å². The molecule has 0 saturated carbocycles. The standard InChI is InChI=1S/C12H19ClN2O2S/c1-3-6-9-10(13)14-12(17)15(11(9)16)7-4-5-8-18-2/h3-8H2,1-2H3,(H,14,17). The number of thioether (sulfide) groups is 1. The molecule has 0 fully saturated rings. The lowest BCUT2D eigenvalue weighted by molar-refractivity contribution is 0.578. The van der Waals surface area contributed by atoms with Gasteiger partial charge >= 0.3 is 5.69 Å². The van der Waals surface area contributed by atoms with Gasteiger partial charge in [-0.1, -0.05) is 24.9 Å². The summed E-state index contributed by atoms with van der Waals surface area (Å²) in [5.74, 6) is 1.04. The molecule has 4 nitrogen and oxygen atoms in total. The minimum absolute atomic E-state index is 0.187. The summed E-state index contributed by atoms with van der Waals surface area (Å²) in [6, 6.07) is 0. The van der Waals surface area contributed by atoms with Gasteiger partial charge in [-0.25, -0.2) is 4.79 Å². The van der Waals surface area contributed by atoms with Gasteiger partial charge in [0.05, 0.1) is 5.56 Å². The largest absolute Gasteiger partial charge is 0.329 e. The van der Waals surface area contributed by atoms with E-state index >= 15 is 0 Å². The molecular weight excluding hydrogens is 272 g/mol.